The van der Waals surface area contributed by atoms with Crippen molar-refractivity contribution in [2.45, 2.75) is 10.6 Å². The number of nitrogens with one attached hydrogen (secondary N) is 1. The Kier molecular flexibility index (Phi) is 4.49. The third-order valence-electron chi connectivity index (χ3n) is 2.15. The fraction of sp³-hybridized carbons (Fsp3) is 0.0909. The monoisotopic (exact) mass is 401 g/mol. The highest BCUT2D eigenvalue weighted by Crippen LogP contribution is 2.28. The van der Waals surface area contributed by atoms with E-state index in [0.717, 1.165) is 23.5 Å². The summed E-state index contributed by atoms with van der Waals surface area (Å²) in [5.74, 6) is -0.427. The Morgan fingerprint density at radius 2 is 1.71 bits per heavy atom. The Labute approximate surface area is 130 Å². The predicted octanol–water partition coefficient (Wildman–Crippen LogP) is 4.21. The van der Waals surface area contributed by atoms with Gasteiger partial charge in [-0.25, -0.2) is 8.42 Å². The number of thiophene rings is 1. The van der Waals surface area contributed by atoms with E-state index in [2.05, 4.69) is 25.4 Å². The summed E-state index contributed by atoms with van der Waals surface area (Å²) in [4.78, 5) is 0. The maximum Gasteiger partial charge on any atom is 0.573 e. The summed E-state index contributed by atoms with van der Waals surface area (Å²) in [6, 6.07) is 7.41. The van der Waals surface area contributed by atoms with Crippen LogP contribution in [0, 0.1) is 0 Å². The third-order valence-corrected chi connectivity index (χ3v) is 5.65. The molecular weight excluding hydrogens is 395 g/mol. The molecule has 0 atom stereocenters. The first-order valence-electron chi connectivity index (χ1n) is 5.30. The standard InChI is InChI=1S/C11H7BrF3NO3S2/c12-9-5-6-10(20-9)21(17,18)16-7-1-3-8(4-2-7)19-11(13,14)15/h1-6,16H. The number of hydrogen-bond acceptors (Lipinski definition) is 4. The number of alkyl halides is 3. The molecule has 0 saturated heterocycles. The van der Waals surface area contributed by atoms with Gasteiger partial charge in [-0.15, -0.1) is 24.5 Å². The van der Waals surface area contributed by atoms with Crippen LogP contribution >= 0.6 is 27.3 Å². The quantitative estimate of drug-likeness (QED) is 0.834. The Hall–Kier alpha value is -1.26. The molecule has 0 amide bonds. The van der Waals surface area contributed by atoms with Crippen molar-refractivity contribution in [3.63, 3.8) is 0 Å². The molecule has 0 fully saturated rings. The van der Waals surface area contributed by atoms with Crippen LogP contribution in [0.2, 0.25) is 0 Å². The second-order valence-corrected chi connectivity index (χ2v) is 8.11. The maximum absolute atomic E-state index is 12.0. The van der Waals surface area contributed by atoms with Crippen molar-refractivity contribution in [3.05, 3.63) is 40.2 Å². The summed E-state index contributed by atoms with van der Waals surface area (Å²) in [5.41, 5.74) is 0.133. The van der Waals surface area contributed by atoms with Gasteiger partial charge in [0.2, 0.25) is 0 Å². The lowest BCUT2D eigenvalue weighted by Gasteiger charge is -2.10. The number of hydrogen-bond donors (Lipinski definition) is 1. The first-order chi connectivity index (χ1) is 9.66. The summed E-state index contributed by atoms with van der Waals surface area (Å²) in [6.45, 7) is 0. The molecular formula is C11H7BrF3NO3S2. The van der Waals surface area contributed by atoms with Crippen molar-refractivity contribution in [1.29, 1.82) is 0 Å². The number of anilines is 1. The van der Waals surface area contributed by atoms with Crippen LogP contribution in [-0.4, -0.2) is 14.8 Å². The zero-order valence-corrected chi connectivity index (χ0v) is 13.2. The molecule has 0 radical (unpaired) electrons. The summed E-state index contributed by atoms with van der Waals surface area (Å²) in [7, 11) is -3.76. The summed E-state index contributed by atoms with van der Waals surface area (Å²) in [5, 5.41) is 0. The minimum atomic E-state index is -4.79. The number of rotatable bonds is 4. The summed E-state index contributed by atoms with van der Waals surface area (Å²) < 4.78 is 66.7. The van der Waals surface area contributed by atoms with E-state index in [1.165, 1.54) is 18.2 Å². The molecule has 0 aliphatic heterocycles. The van der Waals surface area contributed by atoms with E-state index >= 15 is 0 Å². The molecule has 4 nitrogen and oxygen atoms in total. The Bertz CT molecular complexity index is 726. The molecule has 1 N–H and O–H groups in total. The van der Waals surface area contributed by atoms with E-state index in [1.807, 2.05) is 0 Å². The highest BCUT2D eigenvalue weighted by atomic mass is 79.9. The SMILES string of the molecule is O=S(=O)(Nc1ccc(OC(F)(F)F)cc1)c1ccc(Br)s1. The fourth-order valence-electron chi connectivity index (χ4n) is 1.37. The van der Waals surface area contributed by atoms with Crippen molar-refractivity contribution in [2.24, 2.45) is 0 Å². The molecule has 10 heteroatoms. The first kappa shape index (κ1) is 16.1. The van der Waals surface area contributed by atoms with Crippen LogP contribution < -0.4 is 9.46 Å². The van der Waals surface area contributed by atoms with Gasteiger partial charge in [0, 0.05) is 5.69 Å². The van der Waals surface area contributed by atoms with Crippen LogP contribution in [0.5, 0.6) is 5.75 Å². The van der Waals surface area contributed by atoms with Crippen molar-refractivity contribution in [3.8, 4) is 5.75 Å². The van der Waals surface area contributed by atoms with Gasteiger partial charge in [0.1, 0.15) is 9.96 Å². The third kappa shape index (κ3) is 4.61. The number of sulfonamides is 1. The van der Waals surface area contributed by atoms with Crippen molar-refractivity contribution >= 4 is 43.0 Å². The Morgan fingerprint density at radius 1 is 1.10 bits per heavy atom. The highest BCUT2D eigenvalue weighted by Gasteiger charge is 2.31. The second kappa shape index (κ2) is 5.85. The van der Waals surface area contributed by atoms with Gasteiger partial charge in [-0.3, -0.25) is 4.72 Å². The molecule has 0 bridgehead atoms. The minimum Gasteiger partial charge on any atom is -0.406 e. The van der Waals surface area contributed by atoms with Crippen LogP contribution in [0.3, 0.4) is 0 Å². The molecule has 2 aromatic rings. The second-order valence-electron chi connectivity index (χ2n) is 3.74. The van der Waals surface area contributed by atoms with Crippen LogP contribution in [0.1, 0.15) is 0 Å². The van der Waals surface area contributed by atoms with Gasteiger partial charge >= 0.3 is 6.36 Å². The van der Waals surface area contributed by atoms with E-state index in [-0.39, 0.29) is 9.90 Å². The van der Waals surface area contributed by atoms with Crippen molar-refractivity contribution in [1.82, 2.24) is 0 Å². The molecule has 1 heterocycles. The fourth-order valence-corrected chi connectivity index (χ4v) is 4.44. The number of halogens is 4. The molecule has 0 aliphatic rings. The van der Waals surface area contributed by atoms with Gasteiger partial charge in [0.15, 0.2) is 0 Å². The van der Waals surface area contributed by atoms with Gasteiger partial charge in [-0.1, -0.05) is 0 Å². The smallest absolute Gasteiger partial charge is 0.406 e. The largest absolute Gasteiger partial charge is 0.573 e. The van der Waals surface area contributed by atoms with E-state index in [0.29, 0.717) is 3.79 Å². The molecule has 0 unspecified atom stereocenters. The summed E-state index contributed by atoms with van der Waals surface area (Å²) in [6.07, 6.45) is -4.79. The van der Waals surface area contributed by atoms with E-state index < -0.39 is 22.1 Å². The molecule has 1 aromatic carbocycles. The zero-order valence-electron chi connectivity index (χ0n) is 10.0. The number of ether oxygens (including phenoxy) is 1. The molecule has 2 rings (SSSR count). The van der Waals surface area contributed by atoms with Crippen molar-refractivity contribution in [2.75, 3.05) is 4.72 Å². The van der Waals surface area contributed by atoms with Gasteiger partial charge in [-0.2, -0.15) is 0 Å². The van der Waals surface area contributed by atoms with Crippen LogP contribution in [0.15, 0.2) is 44.4 Å². The minimum absolute atomic E-state index is 0.0880. The van der Waals surface area contributed by atoms with Gasteiger partial charge in [-0.05, 0) is 52.3 Å². The Morgan fingerprint density at radius 3 is 2.19 bits per heavy atom. The maximum atomic E-state index is 12.0. The summed E-state index contributed by atoms with van der Waals surface area (Å²) >= 11 is 4.17. The van der Waals surface area contributed by atoms with Crippen molar-refractivity contribution < 1.29 is 26.3 Å². The average Bonchev–Trinajstić information content (AvgIpc) is 2.77. The lowest BCUT2D eigenvalue weighted by atomic mass is 10.3. The van der Waals surface area contributed by atoms with E-state index in [1.54, 1.807) is 6.07 Å². The predicted molar refractivity (Wildman–Crippen MR) is 76.0 cm³/mol. The molecule has 0 aliphatic carbocycles. The average molecular weight is 402 g/mol. The van der Waals surface area contributed by atoms with Gasteiger partial charge in [0.25, 0.3) is 10.0 Å². The zero-order chi connectivity index (χ0) is 15.7. The van der Waals surface area contributed by atoms with Crippen LogP contribution in [0.4, 0.5) is 18.9 Å². The van der Waals surface area contributed by atoms with E-state index in [4.69, 9.17) is 0 Å². The molecule has 0 saturated carbocycles. The lowest BCUT2D eigenvalue weighted by Crippen LogP contribution is -2.17. The van der Waals surface area contributed by atoms with Crippen LogP contribution in [0.25, 0.3) is 0 Å². The highest BCUT2D eigenvalue weighted by molar-refractivity contribution is 9.11. The van der Waals surface area contributed by atoms with Gasteiger partial charge in [0.05, 0.1) is 3.79 Å². The molecule has 114 valence electrons. The van der Waals surface area contributed by atoms with Gasteiger partial charge < -0.3 is 4.74 Å². The topological polar surface area (TPSA) is 55.4 Å². The first-order valence-corrected chi connectivity index (χ1v) is 8.39. The molecule has 1 aromatic heterocycles. The Balaban J connectivity index is 2.13. The number of benzene rings is 1. The van der Waals surface area contributed by atoms with Crippen LogP contribution in [-0.2, 0) is 10.0 Å². The molecule has 21 heavy (non-hydrogen) atoms. The van der Waals surface area contributed by atoms with E-state index in [9.17, 15) is 21.6 Å². The lowest BCUT2D eigenvalue weighted by molar-refractivity contribution is -0.274. The normalized spacial score (nSPS) is 12.2. The molecule has 0 spiro atoms.